The summed E-state index contributed by atoms with van der Waals surface area (Å²) in [4.78, 5) is 1.87. The molecule has 1 aromatic rings. The van der Waals surface area contributed by atoms with E-state index in [1.54, 1.807) is 0 Å². The van der Waals surface area contributed by atoms with E-state index in [9.17, 15) is 17.6 Å². The molecule has 2 saturated heterocycles. The molecule has 0 aromatic heterocycles. The van der Waals surface area contributed by atoms with E-state index in [1.165, 1.54) is 0 Å². The van der Waals surface area contributed by atoms with E-state index in [-0.39, 0.29) is 23.9 Å². The summed E-state index contributed by atoms with van der Waals surface area (Å²) >= 11 is 0. The van der Waals surface area contributed by atoms with Crippen LogP contribution in [0.25, 0.3) is 0 Å². The zero-order valence-corrected chi connectivity index (χ0v) is 20.0. The predicted molar refractivity (Wildman–Crippen MR) is 120 cm³/mol. The van der Waals surface area contributed by atoms with Gasteiger partial charge in [0.1, 0.15) is 0 Å². The van der Waals surface area contributed by atoms with Crippen molar-refractivity contribution < 1.29 is 17.6 Å². The maximum Gasteiger partial charge on any atom is 0.263 e. The topological polar surface area (TPSA) is 15.3 Å². The third-order valence-electron chi connectivity index (χ3n) is 6.50. The monoisotopic (exact) mass is 444 g/mol. The SMILES string of the molecule is CC(C)(C)C1CCN(Cc2ccccc2)CC1(F)F.CC(C)(C)C1CCNCC1(F)F. The Balaban J connectivity index is 0.000000245. The maximum absolute atomic E-state index is 14.3. The molecular formula is C25H40F4N2. The standard InChI is InChI=1S/C16H23F2N.C9H17F2N/c1-15(2,3)14-9-10-19(12-16(14,17)18)11-13-7-5-4-6-8-13;1-8(2,3)7-4-5-12-6-9(7,10)11/h4-8,14H,9-12H2,1-3H3;7,12H,4-6H2,1-3H3. The van der Waals surface area contributed by atoms with Crippen LogP contribution in [-0.2, 0) is 6.54 Å². The molecule has 1 aromatic carbocycles. The number of nitrogens with zero attached hydrogens (tertiary/aromatic N) is 1. The lowest BCUT2D eigenvalue weighted by molar-refractivity contribution is -0.145. The molecule has 2 nitrogen and oxygen atoms in total. The van der Waals surface area contributed by atoms with Gasteiger partial charge in [0.15, 0.2) is 0 Å². The number of alkyl halides is 4. The van der Waals surface area contributed by atoms with Gasteiger partial charge in [-0.3, -0.25) is 4.90 Å². The van der Waals surface area contributed by atoms with Crippen molar-refractivity contribution in [1.82, 2.24) is 10.2 Å². The molecule has 0 radical (unpaired) electrons. The molecule has 0 amide bonds. The first-order chi connectivity index (χ1) is 14.1. The van der Waals surface area contributed by atoms with Gasteiger partial charge in [-0.05, 0) is 42.3 Å². The summed E-state index contributed by atoms with van der Waals surface area (Å²) in [5.74, 6) is -6.12. The molecule has 178 valence electrons. The summed E-state index contributed by atoms with van der Waals surface area (Å²) in [5, 5.41) is 2.73. The van der Waals surface area contributed by atoms with E-state index in [4.69, 9.17) is 0 Å². The van der Waals surface area contributed by atoms with Gasteiger partial charge in [0.25, 0.3) is 11.8 Å². The Hall–Kier alpha value is -1.14. The van der Waals surface area contributed by atoms with Crippen molar-refractivity contribution in [3.63, 3.8) is 0 Å². The van der Waals surface area contributed by atoms with Crippen molar-refractivity contribution in [1.29, 1.82) is 0 Å². The fourth-order valence-corrected chi connectivity index (χ4v) is 4.96. The van der Waals surface area contributed by atoms with Gasteiger partial charge in [0.05, 0.1) is 13.1 Å². The molecule has 3 rings (SSSR count). The van der Waals surface area contributed by atoms with Crippen LogP contribution < -0.4 is 5.32 Å². The first kappa shape index (κ1) is 26.1. The molecule has 6 heteroatoms. The van der Waals surface area contributed by atoms with Crippen molar-refractivity contribution in [2.45, 2.75) is 72.8 Å². The maximum atomic E-state index is 14.3. The van der Waals surface area contributed by atoms with Crippen LogP contribution in [0.2, 0.25) is 0 Å². The van der Waals surface area contributed by atoms with Crippen molar-refractivity contribution in [3.05, 3.63) is 35.9 Å². The average molecular weight is 445 g/mol. The highest BCUT2D eigenvalue weighted by Gasteiger charge is 2.49. The molecule has 0 aliphatic carbocycles. The largest absolute Gasteiger partial charge is 0.311 e. The quantitative estimate of drug-likeness (QED) is 0.526. The highest BCUT2D eigenvalue weighted by molar-refractivity contribution is 5.14. The summed E-state index contributed by atoms with van der Waals surface area (Å²) in [6.07, 6.45) is 1.15. The lowest BCUT2D eigenvalue weighted by Crippen LogP contribution is -2.52. The van der Waals surface area contributed by atoms with E-state index < -0.39 is 23.7 Å². The van der Waals surface area contributed by atoms with Gasteiger partial charge in [-0.2, -0.15) is 0 Å². The van der Waals surface area contributed by atoms with Crippen molar-refractivity contribution in [2.24, 2.45) is 22.7 Å². The van der Waals surface area contributed by atoms with Crippen LogP contribution >= 0.6 is 0 Å². The molecule has 2 unspecified atom stereocenters. The smallest absolute Gasteiger partial charge is 0.263 e. The molecule has 0 spiro atoms. The van der Waals surface area contributed by atoms with E-state index >= 15 is 0 Å². The molecule has 0 saturated carbocycles. The van der Waals surface area contributed by atoms with E-state index in [0.717, 1.165) is 18.7 Å². The van der Waals surface area contributed by atoms with Gasteiger partial charge >= 0.3 is 0 Å². The number of rotatable bonds is 2. The van der Waals surface area contributed by atoms with Crippen LogP contribution in [0.15, 0.2) is 30.3 Å². The summed E-state index contributed by atoms with van der Waals surface area (Å²) in [6, 6.07) is 9.84. The number of hydrogen-bond acceptors (Lipinski definition) is 2. The van der Waals surface area contributed by atoms with Gasteiger partial charge in [-0.15, -0.1) is 0 Å². The second-order valence-corrected chi connectivity index (χ2v) is 11.3. The van der Waals surface area contributed by atoms with Crippen molar-refractivity contribution >= 4 is 0 Å². The van der Waals surface area contributed by atoms with Crippen molar-refractivity contribution in [2.75, 3.05) is 26.2 Å². The second-order valence-electron chi connectivity index (χ2n) is 11.3. The first-order valence-electron chi connectivity index (χ1n) is 11.4. The average Bonchev–Trinajstić information content (AvgIpc) is 2.59. The van der Waals surface area contributed by atoms with Gasteiger partial charge in [0.2, 0.25) is 0 Å². The van der Waals surface area contributed by atoms with E-state index in [0.29, 0.717) is 19.4 Å². The molecule has 2 atom stereocenters. The summed E-state index contributed by atoms with van der Waals surface area (Å²) < 4.78 is 55.2. The van der Waals surface area contributed by atoms with Crippen LogP contribution in [0.1, 0.15) is 59.9 Å². The van der Waals surface area contributed by atoms with Crippen LogP contribution in [-0.4, -0.2) is 42.9 Å². The Morgan fingerprint density at radius 1 is 0.871 bits per heavy atom. The Kier molecular flexibility index (Phi) is 8.24. The molecule has 1 N–H and O–H groups in total. The number of halogens is 4. The predicted octanol–water partition coefficient (Wildman–Crippen LogP) is 6.47. The highest BCUT2D eigenvalue weighted by atomic mass is 19.3. The van der Waals surface area contributed by atoms with Gasteiger partial charge in [0, 0.05) is 18.4 Å². The molecular weight excluding hydrogens is 404 g/mol. The number of hydrogen-bond donors (Lipinski definition) is 1. The Labute approximate surface area is 185 Å². The minimum atomic E-state index is -2.59. The summed E-state index contributed by atoms with van der Waals surface area (Å²) in [5.41, 5.74) is 0.487. The molecule has 2 fully saturated rings. The lowest BCUT2D eigenvalue weighted by atomic mass is 9.73. The summed E-state index contributed by atoms with van der Waals surface area (Å²) in [7, 11) is 0. The molecule has 0 bridgehead atoms. The van der Waals surface area contributed by atoms with Gasteiger partial charge in [-0.25, -0.2) is 17.6 Å². The summed E-state index contributed by atoms with van der Waals surface area (Å²) in [6.45, 7) is 13.2. The number of piperidine rings is 2. The molecule has 31 heavy (non-hydrogen) atoms. The van der Waals surface area contributed by atoms with E-state index in [1.807, 2.05) is 76.8 Å². The van der Waals surface area contributed by atoms with Crippen LogP contribution in [0, 0.1) is 22.7 Å². The van der Waals surface area contributed by atoms with Crippen LogP contribution in [0.5, 0.6) is 0 Å². The zero-order valence-electron chi connectivity index (χ0n) is 20.0. The number of likely N-dealkylation sites (tertiary alicyclic amines) is 1. The molecule has 2 aliphatic heterocycles. The third-order valence-corrected chi connectivity index (χ3v) is 6.50. The van der Waals surface area contributed by atoms with Gasteiger partial charge in [-0.1, -0.05) is 71.9 Å². The zero-order chi connectivity index (χ0) is 23.5. The van der Waals surface area contributed by atoms with E-state index in [2.05, 4.69) is 5.32 Å². The highest BCUT2D eigenvalue weighted by Crippen LogP contribution is 2.44. The van der Waals surface area contributed by atoms with Crippen LogP contribution in [0.3, 0.4) is 0 Å². The van der Waals surface area contributed by atoms with Gasteiger partial charge < -0.3 is 5.32 Å². The fourth-order valence-electron chi connectivity index (χ4n) is 4.96. The normalized spacial score (nSPS) is 26.6. The number of benzene rings is 1. The Bertz CT molecular complexity index is 677. The van der Waals surface area contributed by atoms with Crippen LogP contribution in [0.4, 0.5) is 17.6 Å². The molecule has 2 heterocycles. The first-order valence-corrected chi connectivity index (χ1v) is 11.4. The second kappa shape index (κ2) is 9.78. The third kappa shape index (κ3) is 7.45. The fraction of sp³-hybridized carbons (Fsp3) is 0.760. The number of nitrogens with one attached hydrogen (secondary N) is 1. The minimum Gasteiger partial charge on any atom is -0.311 e. The molecule has 2 aliphatic rings. The minimum absolute atomic E-state index is 0.121. The van der Waals surface area contributed by atoms with Crippen molar-refractivity contribution in [3.8, 4) is 0 Å². The lowest BCUT2D eigenvalue weighted by Gasteiger charge is -2.44. The Morgan fingerprint density at radius 2 is 1.42 bits per heavy atom. The Morgan fingerprint density at radius 3 is 1.87 bits per heavy atom.